The standard InChI is InChI=1S/C29H36BN5O6/c31-22(15-18-9-11-20(36)12-10-18)28(38)34-13-3-7-25(34)27(37)33-24(29(39)35-14-4-8-26(35)30(40)41)16-19-17-32-23-6-2-1-5-21(19)23/h1-2,5-6,9-12,17,22,24-26,32,36,40-41H,3-4,7-8,13-16,31H2,(H,33,37)/t22-,24-,25-,26-/m0/s1. The van der Waals surface area contributed by atoms with Crippen LogP contribution in [0, 0.1) is 0 Å². The average molecular weight is 561 g/mol. The summed E-state index contributed by atoms with van der Waals surface area (Å²) in [5.74, 6) is -1.80. The number of aromatic nitrogens is 1. The molecule has 41 heavy (non-hydrogen) atoms. The fourth-order valence-electron chi connectivity index (χ4n) is 6.05. The molecule has 3 amide bonds. The average Bonchev–Trinajstić information content (AvgIpc) is 3.73. The fraction of sp³-hybridized carbons (Fsp3) is 0.414. The van der Waals surface area contributed by atoms with E-state index in [2.05, 4.69) is 10.3 Å². The van der Waals surface area contributed by atoms with E-state index in [1.807, 2.05) is 30.5 Å². The van der Waals surface area contributed by atoms with Crippen molar-refractivity contribution < 1.29 is 29.5 Å². The molecule has 0 spiro atoms. The fourth-order valence-corrected chi connectivity index (χ4v) is 6.05. The third kappa shape index (κ3) is 6.24. The van der Waals surface area contributed by atoms with E-state index < -0.39 is 37.1 Å². The summed E-state index contributed by atoms with van der Waals surface area (Å²) in [6, 6.07) is 11.5. The van der Waals surface area contributed by atoms with E-state index in [1.54, 1.807) is 12.1 Å². The van der Waals surface area contributed by atoms with E-state index in [-0.39, 0.29) is 30.4 Å². The molecule has 216 valence electrons. The number of amides is 3. The van der Waals surface area contributed by atoms with Crippen LogP contribution in [0.1, 0.15) is 36.8 Å². The first-order valence-corrected chi connectivity index (χ1v) is 14.1. The Morgan fingerprint density at radius 1 is 0.976 bits per heavy atom. The Bertz CT molecular complexity index is 1400. The summed E-state index contributed by atoms with van der Waals surface area (Å²) in [6.45, 7) is 0.744. The number of H-pyrrole nitrogens is 1. The van der Waals surface area contributed by atoms with Gasteiger partial charge in [-0.05, 0) is 61.4 Å². The maximum atomic E-state index is 13.8. The van der Waals surface area contributed by atoms with Crippen LogP contribution in [0.4, 0.5) is 0 Å². The molecule has 4 atom stereocenters. The summed E-state index contributed by atoms with van der Waals surface area (Å²) in [5.41, 5.74) is 8.79. The minimum absolute atomic E-state index is 0.121. The van der Waals surface area contributed by atoms with Crippen LogP contribution in [0.3, 0.4) is 0 Å². The molecule has 2 aliphatic heterocycles. The number of phenolic OH excluding ortho intramolecular Hbond substituents is 1. The largest absolute Gasteiger partial charge is 0.508 e. The number of benzene rings is 2. The van der Waals surface area contributed by atoms with Crippen LogP contribution >= 0.6 is 0 Å². The highest BCUT2D eigenvalue weighted by molar-refractivity contribution is 6.43. The summed E-state index contributed by atoms with van der Waals surface area (Å²) in [4.78, 5) is 46.9. The van der Waals surface area contributed by atoms with Gasteiger partial charge in [-0.3, -0.25) is 14.4 Å². The normalized spacial score (nSPS) is 20.3. The Morgan fingerprint density at radius 3 is 2.44 bits per heavy atom. The number of rotatable bonds is 9. The minimum Gasteiger partial charge on any atom is -0.508 e. The predicted octanol–water partition coefficient (Wildman–Crippen LogP) is 0.465. The highest BCUT2D eigenvalue weighted by Crippen LogP contribution is 2.25. The van der Waals surface area contributed by atoms with Crippen LogP contribution in [0.5, 0.6) is 5.75 Å². The van der Waals surface area contributed by atoms with Gasteiger partial charge < -0.3 is 41.0 Å². The number of nitrogens with two attached hydrogens (primary N) is 1. The van der Waals surface area contributed by atoms with Crippen LogP contribution < -0.4 is 11.1 Å². The van der Waals surface area contributed by atoms with Gasteiger partial charge in [0.2, 0.25) is 17.7 Å². The molecule has 0 unspecified atom stereocenters. The second-order valence-corrected chi connectivity index (χ2v) is 10.9. The SMILES string of the molecule is N[C@@H](Cc1ccc(O)cc1)C(=O)N1CCC[C@H]1C(=O)N[C@@H](Cc1c[nH]c2ccccc12)C(=O)N1CCC[C@H]1B(O)O. The van der Waals surface area contributed by atoms with Crippen LogP contribution in [0.15, 0.2) is 54.7 Å². The number of phenols is 1. The second-order valence-electron chi connectivity index (χ2n) is 10.9. The Kier molecular flexibility index (Phi) is 8.62. The highest BCUT2D eigenvalue weighted by Gasteiger charge is 2.42. The van der Waals surface area contributed by atoms with Crippen molar-refractivity contribution in [3.8, 4) is 5.75 Å². The maximum Gasteiger partial charge on any atom is 0.475 e. The van der Waals surface area contributed by atoms with Gasteiger partial charge in [0.1, 0.15) is 17.8 Å². The summed E-state index contributed by atoms with van der Waals surface area (Å²) >= 11 is 0. The van der Waals surface area contributed by atoms with E-state index in [9.17, 15) is 29.5 Å². The maximum absolute atomic E-state index is 13.8. The Hall–Kier alpha value is -3.87. The van der Waals surface area contributed by atoms with Crippen LogP contribution in [0.2, 0.25) is 0 Å². The number of nitrogens with zero attached hydrogens (tertiary/aromatic N) is 2. The van der Waals surface area contributed by atoms with Gasteiger partial charge in [0.15, 0.2) is 0 Å². The van der Waals surface area contributed by atoms with E-state index >= 15 is 0 Å². The van der Waals surface area contributed by atoms with E-state index in [0.717, 1.165) is 22.0 Å². The van der Waals surface area contributed by atoms with E-state index in [4.69, 9.17) is 5.73 Å². The van der Waals surface area contributed by atoms with E-state index in [1.165, 1.54) is 21.9 Å². The van der Waals surface area contributed by atoms with Crippen LogP contribution in [0.25, 0.3) is 10.9 Å². The topological polar surface area (TPSA) is 172 Å². The molecule has 0 bridgehead atoms. The van der Waals surface area contributed by atoms with Gasteiger partial charge in [-0.25, -0.2) is 0 Å². The van der Waals surface area contributed by atoms with Crippen molar-refractivity contribution in [3.63, 3.8) is 0 Å². The first-order chi connectivity index (χ1) is 19.7. The molecule has 12 heteroatoms. The quantitative estimate of drug-likeness (QED) is 0.206. The van der Waals surface area contributed by atoms with Gasteiger partial charge in [0.25, 0.3) is 0 Å². The molecular weight excluding hydrogens is 525 g/mol. The van der Waals surface area contributed by atoms with Gasteiger partial charge >= 0.3 is 7.12 Å². The van der Waals surface area contributed by atoms with Gasteiger partial charge in [-0.1, -0.05) is 30.3 Å². The number of aromatic hydroxyl groups is 1. The van der Waals surface area contributed by atoms with Crippen molar-refractivity contribution in [3.05, 3.63) is 65.9 Å². The van der Waals surface area contributed by atoms with Gasteiger partial charge in [0.05, 0.1) is 12.0 Å². The smallest absolute Gasteiger partial charge is 0.475 e. The summed E-state index contributed by atoms with van der Waals surface area (Å²) < 4.78 is 0. The zero-order chi connectivity index (χ0) is 29.1. The molecule has 2 aliphatic rings. The lowest BCUT2D eigenvalue weighted by atomic mass is 9.77. The lowest BCUT2D eigenvalue weighted by molar-refractivity contribution is -0.141. The molecule has 7 N–H and O–H groups in total. The summed E-state index contributed by atoms with van der Waals surface area (Å²) in [5, 5.41) is 33.1. The number of para-hydroxylation sites is 1. The highest BCUT2D eigenvalue weighted by atomic mass is 16.4. The number of hydrogen-bond donors (Lipinski definition) is 6. The Balaban J connectivity index is 1.33. The predicted molar refractivity (Wildman–Crippen MR) is 153 cm³/mol. The Labute approximate surface area is 238 Å². The number of hydrogen-bond acceptors (Lipinski definition) is 7. The molecule has 1 aromatic heterocycles. The molecule has 5 rings (SSSR count). The van der Waals surface area contributed by atoms with Gasteiger partial charge in [-0.15, -0.1) is 0 Å². The molecule has 3 heterocycles. The minimum atomic E-state index is -1.68. The summed E-state index contributed by atoms with van der Waals surface area (Å²) in [6.07, 6.45) is 4.42. The van der Waals surface area contributed by atoms with Crippen molar-refractivity contribution in [2.45, 2.75) is 62.6 Å². The number of fused-ring (bicyclic) bond motifs is 1. The molecule has 0 aliphatic carbocycles. The molecular formula is C29H36BN5O6. The zero-order valence-corrected chi connectivity index (χ0v) is 22.8. The van der Waals surface area contributed by atoms with Crippen LogP contribution in [-0.2, 0) is 27.2 Å². The molecule has 2 aromatic carbocycles. The number of aromatic amines is 1. The van der Waals surface area contributed by atoms with Crippen LogP contribution in [-0.4, -0.2) is 91.9 Å². The first kappa shape index (κ1) is 28.7. The third-order valence-electron chi connectivity index (χ3n) is 8.19. The number of carbonyl (C=O) groups excluding carboxylic acids is 3. The molecule has 0 radical (unpaired) electrons. The van der Waals surface area contributed by atoms with Crippen molar-refractivity contribution in [1.82, 2.24) is 20.1 Å². The van der Waals surface area contributed by atoms with Crippen molar-refractivity contribution in [1.29, 1.82) is 0 Å². The third-order valence-corrected chi connectivity index (χ3v) is 8.19. The molecule has 0 saturated carbocycles. The number of likely N-dealkylation sites (tertiary alicyclic amines) is 2. The molecule has 3 aromatic rings. The van der Waals surface area contributed by atoms with Crippen molar-refractivity contribution in [2.24, 2.45) is 5.73 Å². The molecule has 11 nitrogen and oxygen atoms in total. The number of nitrogens with one attached hydrogen (secondary N) is 2. The van der Waals surface area contributed by atoms with E-state index in [0.29, 0.717) is 38.8 Å². The van der Waals surface area contributed by atoms with Crippen molar-refractivity contribution >= 4 is 35.7 Å². The molecule has 2 fully saturated rings. The number of carbonyl (C=O) groups is 3. The van der Waals surface area contributed by atoms with Gasteiger partial charge in [-0.2, -0.15) is 0 Å². The lowest BCUT2D eigenvalue weighted by Crippen LogP contribution is -2.58. The Morgan fingerprint density at radius 2 is 1.68 bits per heavy atom. The zero-order valence-electron chi connectivity index (χ0n) is 22.8. The summed E-state index contributed by atoms with van der Waals surface area (Å²) in [7, 11) is -1.68. The molecule has 2 saturated heterocycles. The second kappa shape index (κ2) is 12.3. The first-order valence-electron chi connectivity index (χ1n) is 14.1. The lowest BCUT2D eigenvalue weighted by Gasteiger charge is -2.31. The van der Waals surface area contributed by atoms with Gasteiger partial charge in [0, 0.05) is 36.6 Å². The monoisotopic (exact) mass is 561 g/mol. The van der Waals surface area contributed by atoms with Crippen molar-refractivity contribution in [2.75, 3.05) is 13.1 Å².